The average Bonchev–Trinajstić information content (AvgIpc) is 3.19. The molecule has 0 aliphatic heterocycles. The van der Waals surface area contributed by atoms with Gasteiger partial charge in [0.05, 0.1) is 11.7 Å². The molecule has 0 unspecified atom stereocenters. The smallest absolute Gasteiger partial charge is 0.246 e. The molecule has 6 heteroatoms. The van der Waals surface area contributed by atoms with E-state index in [1.165, 1.54) is 10.9 Å². The molecule has 0 radical (unpaired) electrons. The van der Waals surface area contributed by atoms with Crippen LogP contribution in [0.5, 0.6) is 0 Å². The first-order chi connectivity index (χ1) is 12.7. The topological polar surface area (TPSA) is 64.0 Å². The van der Waals surface area contributed by atoms with E-state index in [0.717, 1.165) is 16.8 Å². The van der Waals surface area contributed by atoms with E-state index in [1.807, 2.05) is 41.8 Å². The molecule has 2 heterocycles. The van der Waals surface area contributed by atoms with Crippen LogP contribution in [0.4, 0.5) is 5.69 Å². The number of nitrogens with one attached hydrogen (secondary N) is 1. The molecule has 0 spiro atoms. The number of amides is 1. The number of para-hydroxylation sites is 1. The van der Waals surface area contributed by atoms with Crippen LogP contribution in [0.2, 0.25) is 0 Å². The number of hydrogen-bond donors (Lipinski definition) is 1. The van der Waals surface area contributed by atoms with Gasteiger partial charge < -0.3 is 5.32 Å². The number of rotatable bonds is 4. The summed E-state index contributed by atoms with van der Waals surface area (Å²) in [5.74, 6) is -0.200. The van der Waals surface area contributed by atoms with Crippen LogP contribution in [-0.2, 0) is 11.3 Å². The van der Waals surface area contributed by atoms with Gasteiger partial charge in [0.2, 0.25) is 11.3 Å². The quantitative estimate of drug-likeness (QED) is 0.602. The fourth-order valence-corrected chi connectivity index (χ4v) is 3.49. The highest BCUT2D eigenvalue weighted by Gasteiger charge is 2.09. The molecule has 2 aromatic carbocycles. The van der Waals surface area contributed by atoms with Gasteiger partial charge in [0.15, 0.2) is 0 Å². The SMILES string of the molecule is O=C(Cn1ncc(=O)c2ccccc21)Nc1cccc(-c2ccsc2)c1. The molecule has 4 aromatic rings. The van der Waals surface area contributed by atoms with E-state index in [-0.39, 0.29) is 17.9 Å². The third kappa shape index (κ3) is 3.27. The van der Waals surface area contributed by atoms with Gasteiger partial charge in [-0.2, -0.15) is 16.4 Å². The molecule has 0 atom stereocenters. The van der Waals surface area contributed by atoms with Crippen molar-refractivity contribution in [3.63, 3.8) is 0 Å². The number of fused-ring (bicyclic) bond motifs is 1. The molecule has 2 aromatic heterocycles. The highest BCUT2D eigenvalue weighted by atomic mass is 32.1. The predicted molar refractivity (Wildman–Crippen MR) is 104 cm³/mol. The lowest BCUT2D eigenvalue weighted by atomic mass is 10.1. The summed E-state index contributed by atoms with van der Waals surface area (Å²) in [6.45, 7) is 0.0312. The Morgan fingerprint density at radius 3 is 2.81 bits per heavy atom. The van der Waals surface area contributed by atoms with Crippen molar-refractivity contribution in [3.05, 3.63) is 81.8 Å². The van der Waals surface area contributed by atoms with Gasteiger partial charge in [-0.05, 0) is 52.2 Å². The Labute approximate surface area is 153 Å². The Morgan fingerprint density at radius 2 is 1.96 bits per heavy atom. The summed E-state index contributed by atoms with van der Waals surface area (Å²) in [5, 5.41) is 11.6. The molecule has 0 fully saturated rings. The fourth-order valence-electron chi connectivity index (χ4n) is 2.83. The third-order valence-electron chi connectivity index (χ3n) is 4.06. The lowest BCUT2D eigenvalue weighted by Crippen LogP contribution is -2.22. The molecule has 0 aliphatic rings. The van der Waals surface area contributed by atoms with Gasteiger partial charge in [0.25, 0.3) is 0 Å². The van der Waals surface area contributed by atoms with E-state index >= 15 is 0 Å². The summed E-state index contributed by atoms with van der Waals surface area (Å²) in [6.07, 6.45) is 1.24. The van der Waals surface area contributed by atoms with Gasteiger partial charge in [-0.15, -0.1) is 0 Å². The summed E-state index contributed by atoms with van der Waals surface area (Å²) in [6, 6.07) is 16.9. The zero-order chi connectivity index (χ0) is 17.9. The van der Waals surface area contributed by atoms with Gasteiger partial charge in [0.1, 0.15) is 6.54 Å². The molecule has 26 heavy (non-hydrogen) atoms. The van der Waals surface area contributed by atoms with Crippen molar-refractivity contribution in [3.8, 4) is 11.1 Å². The third-order valence-corrected chi connectivity index (χ3v) is 4.74. The van der Waals surface area contributed by atoms with Gasteiger partial charge in [-0.1, -0.05) is 24.3 Å². The number of nitrogens with zero attached hydrogens (tertiary/aromatic N) is 2. The molecule has 5 nitrogen and oxygen atoms in total. The predicted octanol–water partition coefficient (Wildman–Crippen LogP) is 3.76. The second-order valence-electron chi connectivity index (χ2n) is 5.82. The van der Waals surface area contributed by atoms with E-state index in [1.54, 1.807) is 29.5 Å². The van der Waals surface area contributed by atoms with Crippen LogP contribution < -0.4 is 10.7 Å². The van der Waals surface area contributed by atoms with E-state index < -0.39 is 0 Å². The minimum atomic E-state index is -0.200. The van der Waals surface area contributed by atoms with Crippen LogP contribution in [0.15, 0.2) is 76.3 Å². The first-order valence-corrected chi connectivity index (χ1v) is 9.02. The Bertz CT molecular complexity index is 1130. The lowest BCUT2D eigenvalue weighted by Gasteiger charge is -2.10. The maximum absolute atomic E-state index is 12.5. The van der Waals surface area contributed by atoms with Crippen molar-refractivity contribution in [1.29, 1.82) is 0 Å². The second-order valence-corrected chi connectivity index (χ2v) is 6.60. The van der Waals surface area contributed by atoms with Crippen LogP contribution in [0.3, 0.4) is 0 Å². The van der Waals surface area contributed by atoms with E-state index in [9.17, 15) is 9.59 Å². The monoisotopic (exact) mass is 361 g/mol. The molecule has 0 aliphatic carbocycles. The minimum absolute atomic E-state index is 0.0312. The van der Waals surface area contributed by atoms with Crippen LogP contribution in [0, 0.1) is 0 Å². The van der Waals surface area contributed by atoms with Crippen molar-refractivity contribution in [2.24, 2.45) is 0 Å². The van der Waals surface area contributed by atoms with E-state index in [0.29, 0.717) is 10.9 Å². The Hall–Kier alpha value is -3.25. The Morgan fingerprint density at radius 1 is 1.08 bits per heavy atom. The van der Waals surface area contributed by atoms with Crippen molar-refractivity contribution in [2.75, 3.05) is 5.32 Å². The zero-order valence-electron chi connectivity index (χ0n) is 13.8. The zero-order valence-corrected chi connectivity index (χ0v) is 14.6. The molecule has 0 saturated heterocycles. The highest BCUT2D eigenvalue weighted by molar-refractivity contribution is 7.08. The molecular formula is C20H15N3O2S. The number of carbonyl (C=O) groups excluding carboxylic acids is 1. The number of benzene rings is 2. The number of carbonyl (C=O) groups is 1. The summed E-state index contributed by atoms with van der Waals surface area (Å²) in [5.41, 5.74) is 3.39. The van der Waals surface area contributed by atoms with Crippen LogP contribution in [0.25, 0.3) is 22.0 Å². The van der Waals surface area contributed by atoms with Gasteiger partial charge in [-0.3, -0.25) is 14.3 Å². The van der Waals surface area contributed by atoms with E-state index in [2.05, 4.69) is 15.8 Å². The Kier molecular flexibility index (Phi) is 4.33. The summed E-state index contributed by atoms with van der Waals surface area (Å²) < 4.78 is 1.54. The van der Waals surface area contributed by atoms with E-state index in [4.69, 9.17) is 0 Å². The molecule has 4 rings (SSSR count). The number of anilines is 1. The molecule has 1 amide bonds. The largest absolute Gasteiger partial charge is 0.324 e. The molecule has 1 N–H and O–H groups in total. The highest BCUT2D eigenvalue weighted by Crippen LogP contribution is 2.24. The molecule has 0 saturated carbocycles. The number of hydrogen-bond acceptors (Lipinski definition) is 4. The summed E-state index contributed by atoms with van der Waals surface area (Å²) >= 11 is 1.63. The first kappa shape index (κ1) is 16.2. The maximum Gasteiger partial charge on any atom is 0.246 e. The minimum Gasteiger partial charge on any atom is -0.324 e. The van der Waals surface area contributed by atoms with Crippen molar-refractivity contribution < 1.29 is 4.79 Å². The molecule has 0 bridgehead atoms. The first-order valence-electron chi connectivity index (χ1n) is 8.08. The van der Waals surface area contributed by atoms with Gasteiger partial charge in [0, 0.05) is 11.1 Å². The number of aromatic nitrogens is 2. The van der Waals surface area contributed by atoms with Crippen molar-refractivity contribution in [1.82, 2.24) is 9.78 Å². The van der Waals surface area contributed by atoms with Crippen molar-refractivity contribution >= 4 is 33.8 Å². The van der Waals surface area contributed by atoms with Crippen LogP contribution in [0.1, 0.15) is 0 Å². The van der Waals surface area contributed by atoms with Crippen LogP contribution >= 0.6 is 11.3 Å². The van der Waals surface area contributed by atoms with Crippen LogP contribution in [-0.4, -0.2) is 15.7 Å². The Balaban J connectivity index is 1.56. The van der Waals surface area contributed by atoms with Gasteiger partial charge in [-0.25, -0.2) is 0 Å². The average molecular weight is 361 g/mol. The summed E-state index contributed by atoms with van der Waals surface area (Å²) in [4.78, 5) is 24.3. The normalized spacial score (nSPS) is 10.8. The number of thiophene rings is 1. The summed E-state index contributed by atoms with van der Waals surface area (Å²) in [7, 11) is 0. The standard InChI is InChI=1S/C20H15N3O2S/c24-19-11-21-23(18-7-2-1-6-17(18)19)12-20(25)22-16-5-3-4-14(10-16)15-8-9-26-13-15/h1-11,13H,12H2,(H,22,25). The fraction of sp³-hybridized carbons (Fsp3) is 0.0500. The van der Waals surface area contributed by atoms with Crippen molar-refractivity contribution in [2.45, 2.75) is 6.54 Å². The second kappa shape index (κ2) is 6.93. The molecule has 128 valence electrons. The van der Waals surface area contributed by atoms with Gasteiger partial charge >= 0.3 is 0 Å². The lowest BCUT2D eigenvalue weighted by molar-refractivity contribution is -0.116. The molecular weight excluding hydrogens is 346 g/mol. The maximum atomic E-state index is 12.5.